The smallest absolute Gasteiger partial charge is 0.239 e. The normalized spacial score (nSPS) is 20.9. The number of β-amino-alcohol motifs (C(OH)–C–C–N with tert-alkyl or cyclic N) is 1. The molecule has 2 aliphatic rings. The monoisotopic (exact) mass is 695 g/mol. The van der Waals surface area contributed by atoms with Crippen molar-refractivity contribution in [3.8, 4) is 10.4 Å². The van der Waals surface area contributed by atoms with Gasteiger partial charge in [-0.05, 0) is 55.9 Å². The molecule has 3 aromatic carbocycles. The van der Waals surface area contributed by atoms with Crippen LogP contribution < -0.4 is 10.6 Å². The average Bonchev–Trinajstić information content (AvgIpc) is 3.69. The molecule has 1 unspecified atom stereocenters. The predicted octanol–water partition coefficient (Wildman–Crippen LogP) is 4.60. The van der Waals surface area contributed by atoms with Crippen molar-refractivity contribution < 1.29 is 19.8 Å². The molecular weight excluding hydrogens is 647 g/mol. The molecule has 5 atom stereocenters. The van der Waals surface area contributed by atoms with Gasteiger partial charge < -0.3 is 20.8 Å². The summed E-state index contributed by atoms with van der Waals surface area (Å²) >= 11 is 1.67. The number of nitrogens with one attached hydrogen (secondary N) is 2. The van der Waals surface area contributed by atoms with Crippen LogP contribution in [0.1, 0.15) is 54.9 Å². The minimum Gasteiger partial charge on any atom is -0.392 e. The fraction of sp³-hybridized carbons (Fsp3) is 0.425. The van der Waals surface area contributed by atoms with Crippen LogP contribution in [0.3, 0.4) is 0 Å². The highest BCUT2D eigenvalue weighted by Crippen LogP contribution is 2.32. The number of piperazine rings is 1. The fourth-order valence-corrected chi connectivity index (χ4v) is 8.09. The Labute approximate surface area is 299 Å². The first-order chi connectivity index (χ1) is 24.0. The predicted molar refractivity (Wildman–Crippen MR) is 197 cm³/mol. The van der Waals surface area contributed by atoms with Crippen molar-refractivity contribution in [3.05, 3.63) is 113 Å². The number of hydrogen-bond donors (Lipinski definition) is 4. The number of aliphatic hydroxyl groups is 2. The van der Waals surface area contributed by atoms with Crippen molar-refractivity contribution in [1.82, 2.24) is 25.4 Å². The lowest BCUT2D eigenvalue weighted by Crippen LogP contribution is -2.61. The lowest BCUT2D eigenvalue weighted by Gasteiger charge is -2.42. The van der Waals surface area contributed by atoms with Crippen LogP contribution in [0.25, 0.3) is 10.4 Å². The van der Waals surface area contributed by atoms with Crippen molar-refractivity contribution >= 4 is 23.2 Å². The Balaban J connectivity index is 1.14. The minimum absolute atomic E-state index is 0.0778. The van der Waals surface area contributed by atoms with E-state index in [1.165, 1.54) is 0 Å². The highest BCUT2D eigenvalue weighted by molar-refractivity contribution is 7.15. The highest BCUT2D eigenvalue weighted by Gasteiger charge is 2.37. The molecule has 50 heavy (non-hydrogen) atoms. The van der Waals surface area contributed by atoms with E-state index >= 15 is 0 Å². The molecule has 10 heteroatoms. The summed E-state index contributed by atoms with van der Waals surface area (Å²) in [5.74, 6) is -0.802. The molecule has 0 spiro atoms. The Morgan fingerprint density at radius 1 is 0.980 bits per heavy atom. The number of nitrogens with zero attached hydrogens (tertiary/aromatic N) is 3. The van der Waals surface area contributed by atoms with Crippen LogP contribution in [-0.4, -0.2) is 86.8 Å². The maximum Gasteiger partial charge on any atom is 0.239 e. The zero-order valence-corrected chi connectivity index (χ0v) is 30.0. The van der Waals surface area contributed by atoms with E-state index in [0.717, 1.165) is 38.7 Å². The minimum atomic E-state index is -0.848. The Hall–Kier alpha value is -3.93. The molecule has 0 bridgehead atoms. The SMILES string of the molecule is CC(C)(C)NC(=O)[C@@H]1CN(Cc2ncc(-c3ccccc3)s2)CCN1C[C@@H](O)C[C@@H](Cc1ccccc1)C(=O)NC1c2ccccc2C[C@H]1O. The van der Waals surface area contributed by atoms with Gasteiger partial charge in [0, 0.05) is 50.3 Å². The summed E-state index contributed by atoms with van der Waals surface area (Å²) in [5, 5.41) is 29.7. The highest BCUT2D eigenvalue weighted by atomic mass is 32.1. The molecular formula is C40H49N5O4S. The molecule has 264 valence electrons. The fourth-order valence-electron chi connectivity index (χ4n) is 7.13. The summed E-state index contributed by atoms with van der Waals surface area (Å²) in [7, 11) is 0. The number of thiazole rings is 1. The zero-order chi connectivity index (χ0) is 35.3. The molecule has 4 N–H and O–H groups in total. The largest absolute Gasteiger partial charge is 0.392 e. The Morgan fingerprint density at radius 2 is 1.68 bits per heavy atom. The van der Waals surface area contributed by atoms with E-state index in [1.54, 1.807) is 11.3 Å². The second-order valence-electron chi connectivity index (χ2n) is 14.7. The maximum absolute atomic E-state index is 13.9. The van der Waals surface area contributed by atoms with E-state index in [9.17, 15) is 19.8 Å². The number of rotatable bonds is 12. The van der Waals surface area contributed by atoms with Crippen LogP contribution >= 0.6 is 11.3 Å². The standard InChI is InChI=1S/C40H49N5O4S/c1-40(2,3)43-39(49)33-25-44(26-36-41-23-35(50-36)28-14-8-5-9-15-28)18-19-45(33)24-31(46)21-30(20-27-12-6-4-7-13-27)38(48)42-37-32-17-11-10-16-29(32)22-34(37)47/h4-17,23,30-31,33-34,37,46-47H,18-22,24-26H2,1-3H3,(H,42,48)(H,43,49)/t30-,31+,33+,34-,37?/m1/s1. The summed E-state index contributed by atoms with van der Waals surface area (Å²) in [6.07, 6.45) is 1.54. The molecule has 1 aliphatic carbocycles. The van der Waals surface area contributed by atoms with Crippen LogP contribution in [0.2, 0.25) is 0 Å². The first-order valence-corrected chi connectivity index (χ1v) is 18.4. The van der Waals surface area contributed by atoms with Gasteiger partial charge in [-0.3, -0.25) is 19.4 Å². The number of fused-ring (bicyclic) bond motifs is 1. The third-order valence-corrected chi connectivity index (χ3v) is 10.6. The summed E-state index contributed by atoms with van der Waals surface area (Å²) in [5.41, 5.74) is 3.70. The number of carbonyl (C=O) groups is 2. The molecule has 2 amide bonds. The Morgan fingerprint density at radius 3 is 2.42 bits per heavy atom. The molecule has 0 saturated carbocycles. The lowest BCUT2D eigenvalue weighted by atomic mass is 9.91. The third-order valence-electron chi connectivity index (χ3n) is 9.55. The van der Waals surface area contributed by atoms with E-state index < -0.39 is 35.7 Å². The number of carbonyl (C=O) groups excluding carboxylic acids is 2. The van der Waals surface area contributed by atoms with E-state index in [0.29, 0.717) is 32.5 Å². The Bertz CT molecular complexity index is 1730. The van der Waals surface area contributed by atoms with Crippen molar-refractivity contribution in [1.29, 1.82) is 0 Å². The van der Waals surface area contributed by atoms with Crippen molar-refractivity contribution in [2.75, 3.05) is 26.2 Å². The number of aliphatic hydroxyl groups excluding tert-OH is 2. The van der Waals surface area contributed by atoms with Gasteiger partial charge >= 0.3 is 0 Å². The van der Waals surface area contributed by atoms with E-state index in [1.807, 2.05) is 99.8 Å². The van der Waals surface area contributed by atoms with Gasteiger partial charge in [0.15, 0.2) is 0 Å². The molecule has 0 radical (unpaired) electrons. The molecule has 1 aromatic heterocycles. The first kappa shape index (κ1) is 35.9. The first-order valence-electron chi connectivity index (χ1n) is 17.6. The van der Waals surface area contributed by atoms with Crippen LogP contribution in [0.15, 0.2) is 91.1 Å². The molecule has 9 nitrogen and oxygen atoms in total. The molecule has 1 saturated heterocycles. The van der Waals surface area contributed by atoms with Gasteiger partial charge in [0.1, 0.15) is 11.0 Å². The number of aromatic nitrogens is 1. The van der Waals surface area contributed by atoms with Gasteiger partial charge in [0.05, 0.1) is 29.7 Å². The average molecular weight is 696 g/mol. The van der Waals surface area contributed by atoms with E-state index in [-0.39, 0.29) is 24.8 Å². The van der Waals surface area contributed by atoms with E-state index in [4.69, 9.17) is 0 Å². The Kier molecular flexibility index (Phi) is 11.4. The van der Waals surface area contributed by atoms with Crippen LogP contribution in [0.4, 0.5) is 0 Å². The molecule has 1 fully saturated rings. The van der Waals surface area contributed by atoms with E-state index in [2.05, 4.69) is 37.6 Å². The van der Waals surface area contributed by atoms with Crippen molar-refractivity contribution in [3.63, 3.8) is 0 Å². The number of hydrogen-bond acceptors (Lipinski definition) is 8. The van der Waals surface area contributed by atoms with Gasteiger partial charge in [-0.1, -0.05) is 84.9 Å². The second-order valence-corrected chi connectivity index (χ2v) is 15.8. The zero-order valence-electron chi connectivity index (χ0n) is 29.2. The second kappa shape index (κ2) is 16.0. The van der Waals surface area contributed by atoms with Gasteiger partial charge in [0.2, 0.25) is 11.8 Å². The van der Waals surface area contributed by atoms with Gasteiger partial charge in [-0.2, -0.15) is 0 Å². The summed E-state index contributed by atoms with van der Waals surface area (Å²) in [6.45, 7) is 8.63. The topological polar surface area (TPSA) is 118 Å². The molecule has 2 heterocycles. The maximum atomic E-state index is 13.9. The third kappa shape index (κ3) is 9.24. The van der Waals surface area contributed by atoms with Crippen LogP contribution in [-0.2, 0) is 29.0 Å². The van der Waals surface area contributed by atoms with Crippen molar-refractivity contribution in [2.45, 2.75) is 76.4 Å². The summed E-state index contributed by atoms with van der Waals surface area (Å²) in [6, 6.07) is 26.9. The number of benzene rings is 3. The van der Waals surface area contributed by atoms with Crippen LogP contribution in [0, 0.1) is 5.92 Å². The van der Waals surface area contributed by atoms with Gasteiger partial charge in [-0.25, -0.2) is 4.98 Å². The number of amides is 2. The summed E-state index contributed by atoms with van der Waals surface area (Å²) < 4.78 is 0. The summed E-state index contributed by atoms with van der Waals surface area (Å²) in [4.78, 5) is 37.8. The quantitative estimate of drug-likeness (QED) is 0.171. The molecule has 6 rings (SSSR count). The van der Waals surface area contributed by atoms with Crippen molar-refractivity contribution in [2.24, 2.45) is 5.92 Å². The molecule has 4 aromatic rings. The van der Waals surface area contributed by atoms with Crippen LogP contribution in [0.5, 0.6) is 0 Å². The molecule has 1 aliphatic heterocycles. The van der Waals surface area contributed by atoms with Gasteiger partial charge in [0.25, 0.3) is 0 Å². The lowest BCUT2D eigenvalue weighted by molar-refractivity contribution is -0.132. The van der Waals surface area contributed by atoms with Gasteiger partial charge in [-0.15, -0.1) is 11.3 Å².